The minimum absolute atomic E-state index is 0.000495. The Balaban J connectivity index is 1.92. The third-order valence-electron chi connectivity index (χ3n) is 16.7. The first-order valence-electron chi connectivity index (χ1n) is 33.7. The number of aliphatic imine (C=N–C) groups is 3. The summed E-state index contributed by atoms with van der Waals surface area (Å²) in [6.45, 7) is 11.8. The number of likely N-dealkylation sites (tertiary alicyclic amines) is 1. The van der Waals surface area contributed by atoms with Crippen molar-refractivity contribution in [3.05, 3.63) is 64.7 Å². The number of hydrogen-bond acceptors (Lipinski definition) is 16. The lowest BCUT2D eigenvalue weighted by atomic mass is 9.93. The van der Waals surface area contributed by atoms with Gasteiger partial charge >= 0.3 is 5.97 Å². The Labute approximate surface area is 578 Å². The average molecular weight is 1390 g/mol. The number of nitrogens with one attached hydrogen (secondary N) is 9. The van der Waals surface area contributed by atoms with E-state index in [0.29, 0.717) is 44.2 Å². The van der Waals surface area contributed by atoms with E-state index in [1.165, 1.54) is 4.90 Å². The summed E-state index contributed by atoms with van der Waals surface area (Å²) in [6.07, 6.45) is 2.39. The van der Waals surface area contributed by atoms with Gasteiger partial charge in [-0.15, -0.1) is 0 Å². The number of nitrogens with two attached hydrogens (primary N) is 7. The molecule has 33 heteroatoms. The molecule has 10 amide bonds. The fourth-order valence-electron chi connectivity index (χ4n) is 11.1. The molecule has 25 N–H and O–H groups in total. The zero-order valence-electron chi connectivity index (χ0n) is 58.2. The Morgan fingerprint density at radius 2 is 1.06 bits per heavy atom. The van der Waals surface area contributed by atoms with Gasteiger partial charge in [-0.25, -0.2) is 4.79 Å². The molecule has 1 aliphatic heterocycles. The number of phenols is 1. The van der Waals surface area contributed by atoms with Gasteiger partial charge in [0.25, 0.3) is 0 Å². The van der Waals surface area contributed by atoms with Crippen LogP contribution in [0.2, 0.25) is 0 Å². The van der Waals surface area contributed by atoms with Crippen molar-refractivity contribution in [2.45, 2.75) is 193 Å². The molecule has 1 saturated heterocycles. The number of phenolic OH excluding ortho intramolecular Hbond substituents is 1. The number of carbonyl (C=O) groups excluding carboxylic acids is 10. The number of amides is 10. The summed E-state index contributed by atoms with van der Waals surface area (Å²) in [5.41, 5.74) is 42.4. The maximum atomic E-state index is 14.8. The molecule has 0 aliphatic carbocycles. The highest BCUT2D eigenvalue weighted by molar-refractivity contribution is 5.99. The number of aromatic hydroxyl groups is 1. The minimum atomic E-state index is -1.44. The Kier molecular flexibility index (Phi) is 36.6. The van der Waals surface area contributed by atoms with E-state index in [4.69, 9.17) is 40.1 Å². The average Bonchev–Trinajstić information content (AvgIpc) is 1.79. The van der Waals surface area contributed by atoms with E-state index in [2.05, 4.69) is 62.8 Å². The number of hydrogen-bond donors (Lipinski definition) is 18. The largest absolute Gasteiger partial charge is 0.508 e. The van der Waals surface area contributed by atoms with Gasteiger partial charge in [0.15, 0.2) is 17.9 Å². The molecule has 99 heavy (non-hydrogen) atoms. The fraction of sp³-hybridized carbons (Fsp3) is 0.606. The first-order chi connectivity index (χ1) is 46.8. The van der Waals surface area contributed by atoms with Crippen LogP contribution in [0.3, 0.4) is 0 Å². The van der Waals surface area contributed by atoms with Crippen LogP contribution < -0.4 is 88.0 Å². The van der Waals surface area contributed by atoms with Gasteiger partial charge in [0.2, 0.25) is 59.1 Å². The van der Waals surface area contributed by atoms with E-state index in [1.807, 2.05) is 13.8 Å². The van der Waals surface area contributed by atoms with Crippen LogP contribution in [0.4, 0.5) is 0 Å². The van der Waals surface area contributed by atoms with Crippen LogP contribution in [0.1, 0.15) is 140 Å². The van der Waals surface area contributed by atoms with Crippen LogP contribution in [-0.4, -0.2) is 192 Å². The summed E-state index contributed by atoms with van der Waals surface area (Å²) >= 11 is 0. The van der Waals surface area contributed by atoms with E-state index >= 15 is 0 Å². The second-order valence-corrected chi connectivity index (χ2v) is 25.4. The highest BCUT2D eigenvalue weighted by Crippen LogP contribution is 2.25. The van der Waals surface area contributed by atoms with Crippen LogP contribution in [0.15, 0.2) is 57.4 Å². The highest BCUT2D eigenvalue weighted by atomic mass is 16.4. The number of carbonyl (C=O) groups is 11. The molecule has 1 fully saturated rings. The van der Waals surface area contributed by atoms with Gasteiger partial charge < -0.3 is 103 Å². The van der Waals surface area contributed by atoms with E-state index in [1.54, 1.807) is 77.1 Å². The molecule has 33 nitrogen and oxygen atoms in total. The van der Waals surface area contributed by atoms with Crippen LogP contribution in [0.25, 0.3) is 0 Å². The van der Waals surface area contributed by atoms with Crippen LogP contribution in [0, 0.1) is 31.6 Å². The van der Waals surface area contributed by atoms with Gasteiger partial charge in [-0.3, -0.25) is 62.9 Å². The summed E-state index contributed by atoms with van der Waals surface area (Å²) in [6, 6.07) is 1.37. The first kappa shape index (κ1) is 83.4. The number of aliphatic carboxylic acids is 1. The number of nitrogens with zero attached hydrogens (tertiary/aromatic N) is 4. The maximum Gasteiger partial charge on any atom is 0.326 e. The van der Waals surface area contributed by atoms with Crippen molar-refractivity contribution >= 4 is 82.9 Å². The first-order valence-corrected chi connectivity index (χ1v) is 33.7. The van der Waals surface area contributed by atoms with Crippen molar-refractivity contribution in [3.8, 4) is 5.75 Å². The van der Waals surface area contributed by atoms with Crippen molar-refractivity contribution in [3.63, 3.8) is 0 Å². The maximum absolute atomic E-state index is 14.8. The van der Waals surface area contributed by atoms with Gasteiger partial charge in [0.05, 0.1) is 13.1 Å². The molecule has 0 saturated carbocycles. The monoisotopic (exact) mass is 1390 g/mol. The number of carboxylic acid groups (broad SMARTS) is 1. The van der Waals surface area contributed by atoms with Crippen molar-refractivity contribution in [1.29, 1.82) is 0 Å². The molecule has 0 bridgehead atoms. The molecule has 0 radical (unpaired) electrons. The molecule has 550 valence electrons. The topological polar surface area (TPSA) is 559 Å². The molecule has 1 aliphatic rings. The summed E-state index contributed by atoms with van der Waals surface area (Å²) in [7, 11) is 0. The standard InChI is InChI=1S/C66H108N20O13/c1-8-38(4)54(61(96)82-47(23-16-28-76-66(72)73)62(97)86-29-17-24-51(86)60(95)83-48(63(98)99)20-12-13-25-67)85-57(92)46(22-15-27-75-65(70)71)80-56(91)45(21-14-26-74-64(68)69)81-58(93)49(30-37(2)3)84-59(94)50(34-42-18-10-9-11-19-42)79-53(89)36-77-52(88)35-78-55(90)41(7)33-44-39(5)31-43(87)32-40(44)6/h9-11,18-19,31-32,37-38,41,45-51,54,87H,8,12-17,20-30,33-36,67H2,1-7H3,(H,77,88)(H,78,90)(H,79,89)(H,80,91)(H,81,93)(H,82,96)(H,83,95)(H,84,94)(H,85,92)(H,98,99)(H4,68,69,74)(H4,70,71,75)(H4,72,73,76)/t38-,41-,45-,46-,47-,48-,49-,50-,51-,54-/m0/s1. The van der Waals surface area contributed by atoms with Gasteiger partial charge in [0.1, 0.15) is 54.1 Å². The quantitative estimate of drug-likeness (QED) is 0.0185. The molecule has 3 rings (SSSR count). The number of guanidine groups is 3. The molecule has 2 aromatic rings. The fourth-order valence-corrected chi connectivity index (χ4v) is 11.1. The third kappa shape index (κ3) is 30.6. The third-order valence-corrected chi connectivity index (χ3v) is 16.7. The van der Waals surface area contributed by atoms with Gasteiger partial charge in [-0.2, -0.15) is 0 Å². The van der Waals surface area contributed by atoms with E-state index in [9.17, 15) is 63.0 Å². The van der Waals surface area contributed by atoms with Crippen LogP contribution in [0.5, 0.6) is 5.75 Å². The Bertz CT molecular complexity index is 3100. The van der Waals surface area contributed by atoms with Crippen molar-refractivity contribution < 1.29 is 63.0 Å². The Morgan fingerprint density at radius 1 is 0.566 bits per heavy atom. The van der Waals surface area contributed by atoms with E-state index < -0.39 is 138 Å². The van der Waals surface area contributed by atoms with Crippen molar-refractivity contribution in [2.24, 2.45) is 72.9 Å². The van der Waals surface area contributed by atoms with Crippen molar-refractivity contribution in [1.82, 2.24) is 52.8 Å². The second kappa shape index (κ2) is 43.5. The number of unbranched alkanes of at least 4 members (excludes halogenated alkanes) is 1. The molecule has 1 heterocycles. The normalized spacial score (nSPS) is 15.3. The number of benzene rings is 2. The number of rotatable bonds is 44. The molecule has 10 atom stereocenters. The summed E-state index contributed by atoms with van der Waals surface area (Å²) in [5, 5.41) is 43.9. The van der Waals surface area contributed by atoms with Crippen molar-refractivity contribution in [2.75, 3.05) is 45.8 Å². The predicted octanol–water partition coefficient (Wildman–Crippen LogP) is -2.49. The lowest BCUT2D eigenvalue weighted by molar-refractivity contribution is -0.145. The summed E-state index contributed by atoms with van der Waals surface area (Å²) in [5.74, 6) is -10.6. The number of carboxylic acids is 1. The molecule has 0 spiro atoms. The zero-order chi connectivity index (χ0) is 73.9. The van der Waals surface area contributed by atoms with Crippen LogP contribution >= 0.6 is 0 Å². The smallest absolute Gasteiger partial charge is 0.326 e. The van der Waals surface area contributed by atoms with Gasteiger partial charge in [-0.05, 0) is 150 Å². The molecule has 0 aromatic heterocycles. The summed E-state index contributed by atoms with van der Waals surface area (Å²) < 4.78 is 0. The van der Waals surface area contributed by atoms with Gasteiger partial charge in [-0.1, -0.05) is 71.4 Å². The highest BCUT2D eigenvalue weighted by Gasteiger charge is 2.41. The number of aryl methyl sites for hydroxylation is 2. The Hall–Kier alpha value is -9.82. The molecule has 2 aromatic carbocycles. The SMILES string of the molecule is CC[C@H](C)[C@H](NC(=O)[C@H](CCCN=C(N)N)NC(=O)[C@H](CCCN=C(N)N)NC(=O)[C@H](CC(C)C)NC(=O)[C@H](Cc1ccccc1)NC(=O)CNC(=O)CNC(=O)[C@@H](C)Cc1c(C)cc(O)cc1C)C(=O)N[C@@H](CCCN=C(N)N)C(=O)N1CCC[C@H]1C(=O)N[C@@H](CCCCN)C(=O)O. The predicted molar refractivity (Wildman–Crippen MR) is 374 cm³/mol. The molecule has 0 unspecified atom stereocenters. The van der Waals surface area contributed by atoms with E-state index in [0.717, 1.165) is 16.7 Å². The minimum Gasteiger partial charge on any atom is -0.508 e. The lowest BCUT2D eigenvalue weighted by Gasteiger charge is -2.32. The Morgan fingerprint density at radius 3 is 1.59 bits per heavy atom. The summed E-state index contributed by atoms with van der Waals surface area (Å²) in [4.78, 5) is 167. The van der Waals surface area contributed by atoms with E-state index in [-0.39, 0.29) is 120 Å². The zero-order valence-corrected chi connectivity index (χ0v) is 58.2. The van der Waals surface area contributed by atoms with Gasteiger partial charge in [0, 0.05) is 38.5 Å². The lowest BCUT2D eigenvalue weighted by Crippen LogP contribution is -2.61. The second-order valence-electron chi connectivity index (χ2n) is 25.4. The van der Waals surface area contributed by atoms with Crippen LogP contribution in [-0.2, 0) is 65.6 Å². The molecular weight excluding hydrogens is 1280 g/mol. The molecular formula is C66H108N20O13.